The zero-order chi connectivity index (χ0) is 14.7. The van der Waals surface area contributed by atoms with E-state index in [1.165, 1.54) is 10.8 Å². The molecule has 3 rings (SSSR count). The van der Waals surface area contributed by atoms with Gasteiger partial charge in [-0.05, 0) is 29.0 Å². The molecule has 0 spiro atoms. The van der Waals surface area contributed by atoms with Crippen molar-refractivity contribution in [1.82, 2.24) is 0 Å². The van der Waals surface area contributed by atoms with E-state index in [2.05, 4.69) is 36.5 Å². The fourth-order valence-corrected chi connectivity index (χ4v) is 2.65. The van der Waals surface area contributed by atoms with Crippen LogP contribution in [0.3, 0.4) is 0 Å². The van der Waals surface area contributed by atoms with Crippen molar-refractivity contribution in [3.05, 3.63) is 48.2 Å². The molecule has 108 valence electrons. The van der Waals surface area contributed by atoms with Gasteiger partial charge in [-0.3, -0.25) is 4.79 Å². The van der Waals surface area contributed by atoms with Gasteiger partial charge in [0, 0.05) is 17.3 Å². The van der Waals surface area contributed by atoms with Crippen molar-refractivity contribution in [3.8, 4) is 0 Å². The van der Waals surface area contributed by atoms with Gasteiger partial charge in [0.2, 0.25) is 0 Å². The molecule has 1 heterocycles. The van der Waals surface area contributed by atoms with Crippen molar-refractivity contribution in [2.24, 2.45) is 0 Å². The van der Waals surface area contributed by atoms with Crippen LogP contribution in [0.1, 0.15) is 31.7 Å². The highest BCUT2D eigenvalue weighted by Gasteiger charge is 2.17. The normalized spacial score (nSPS) is 12.7. The summed E-state index contributed by atoms with van der Waals surface area (Å²) in [6.07, 6.45) is 4.17. The van der Waals surface area contributed by atoms with Gasteiger partial charge in [0.1, 0.15) is 0 Å². The summed E-state index contributed by atoms with van der Waals surface area (Å²) < 4.78 is 5.26. The lowest BCUT2D eigenvalue weighted by Gasteiger charge is -2.19. The number of hydrogen-bond acceptors (Lipinski definition) is 3. The third-order valence-electron chi connectivity index (χ3n) is 3.75. The molecule has 21 heavy (non-hydrogen) atoms. The molecule has 3 nitrogen and oxygen atoms in total. The second kappa shape index (κ2) is 6.00. The molecule has 0 saturated heterocycles. The van der Waals surface area contributed by atoms with Crippen LogP contribution in [0.5, 0.6) is 0 Å². The lowest BCUT2D eigenvalue weighted by atomic mass is 9.93. The largest absolute Gasteiger partial charge is 0.465 e. The summed E-state index contributed by atoms with van der Waals surface area (Å²) in [5.41, 5.74) is 3.20. The topological polar surface area (TPSA) is 38.3 Å². The maximum Gasteiger partial charge on any atom is 0.310 e. The maximum absolute atomic E-state index is 11.9. The predicted molar refractivity (Wildman–Crippen MR) is 86.0 cm³/mol. The zero-order valence-corrected chi connectivity index (χ0v) is 12.2. The van der Waals surface area contributed by atoms with E-state index in [9.17, 15) is 4.79 Å². The fraction of sp³-hybridized carbons (Fsp3) is 0.278. The van der Waals surface area contributed by atoms with E-state index in [0.29, 0.717) is 13.0 Å². The Bertz CT molecular complexity index is 698. The molecule has 0 fully saturated rings. The van der Waals surface area contributed by atoms with E-state index in [1.54, 1.807) is 0 Å². The van der Waals surface area contributed by atoms with Gasteiger partial charge in [0.15, 0.2) is 0 Å². The second-order valence-corrected chi connectivity index (χ2v) is 5.27. The minimum absolute atomic E-state index is 0.159. The number of nitrogens with one attached hydrogen (secondary N) is 1. The van der Waals surface area contributed by atoms with Crippen molar-refractivity contribution in [2.75, 3.05) is 11.9 Å². The van der Waals surface area contributed by atoms with E-state index < -0.39 is 0 Å². The minimum Gasteiger partial charge on any atom is -0.465 e. The number of carbonyl (C=O) groups is 1. The molecule has 2 aromatic carbocycles. The smallest absolute Gasteiger partial charge is 0.310 e. The molecule has 0 amide bonds. The van der Waals surface area contributed by atoms with E-state index >= 15 is 0 Å². The number of unbranched alkanes of at least 4 members (excludes halogenated alkanes) is 1. The van der Waals surface area contributed by atoms with E-state index in [1.807, 2.05) is 18.3 Å². The van der Waals surface area contributed by atoms with Gasteiger partial charge in [-0.15, -0.1) is 0 Å². The highest BCUT2D eigenvalue weighted by Crippen LogP contribution is 2.36. The Morgan fingerprint density at radius 2 is 2.00 bits per heavy atom. The van der Waals surface area contributed by atoms with Gasteiger partial charge in [-0.1, -0.05) is 43.7 Å². The van der Waals surface area contributed by atoms with Crippen LogP contribution in [0.15, 0.2) is 42.6 Å². The highest BCUT2D eigenvalue weighted by atomic mass is 16.5. The molecule has 0 aliphatic carbocycles. The molecule has 0 saturated carbocycles. The number of anilines is 1. The Kier molecular flexibility index (Phi) is 3.91. The van der Waals surface area contributed by atoms with Crippen molar-refractivity contribution >= 4 is 28.0 Å². The lowest BCUT2D eigenvalue weighted by Crippen LogP contribution is -2.09. The molecular formula is C18H19NO2. The summed E-state index contributed by atoms with van der Waals surface area (Å²) in [6.45, 7) is 2.59. The minimum atomic E-state index is -0.159. The summed E-state index contributed by atoms with van der Waals surface area (Å²) in [7, 11) is 0. The van der Waals surface area contributed by atoms with Crippen LogP contribution in [-0.4, -0.2) is 12.6 Å². The van der Waals surface area contributed by atoms with Crippen molar-refractivity contribution in [3.63, 3.8) is 0 Å². The van der Waals surface area contributed by atoms with Gasteiger partial charge in [-0.25, -0.2) is 0 Å². The molecule has 0 radical (unpaired) electrons. The molecule has 0 atom stereocenters. The summed E-state index contributed by atoms with van der Waals surface area (Å²) in [5, 5.41) is 5.64. The standard InChI is InChI=1S/C18H19NO2/c1-2-3-10-21-17(20)11-14-12-19-16-9-5-7-13-6-4-8-15(14)18(13)16/h4-9,12,19H,2-3,10-11H2,1H3. The number of carbonyl (C=O) groups excluding carboxylic acids is 1. The Balaban J connectivity index is 1.83. The fourth-order valence-electron chi connectivity index (χ4n) is 2.65. The Morgan fingerprint density at radius 1 is 1.19 bits per heavy atom. The van der Waals surface area contributed by atoms with Gasteiger partial charge in [0.25, 0.3) is 0 Å². The quantitative estimate of drug-likeness (QED) is 0.654. The van der Waals surface area contributed by atoms with E-state index in [0.717, 1.165) is 29.7 Å². The first-order valence-corrected chi connectivity index (χ1v) is 7.43. The SMILES string of the molecule is CCCCOC(=O)CC1=CNc2cccc3cccc1c23. The lowest BCUT2D eigenvalue weighted by molar-refractivity contribution is -0.142. The number of ether oxygens (including phenoxy) is 1. The van der Waals surface area contributed by atoms with Gasteiger partial charge in [-0.2, -0.15) is 0 Å². The Labute approximate surface area is 124 Å². The maximum atomic E-state index is 11.9. The summed E-state index contributed by atoms with van der Waals surface area (Å²) in [5.74, 6) is -0.159. The van der Waals surface area contributed by atoms with Crippen molar-refractivity contribution in [2.45, 2.75) is 26.2 Å². The van der Waals surface area contributed by atoms with E-state index in [4.69, 9.17) is 4.74 Å². The van der Waals surface area contributed by atoms with Crippen LogP contribution in [0.2, 0.25) is 0 Å². The average Bonchev–Trinajstić information content (AvgIpc) is 2.51. The van der Waals surface area contributed by atoms with Crippen molar-refractivity contribution < 1.29 is 9.53 Å². The average molecular weight is 281 g/mol. The van der Waals surface area contributed by atoms with Gasteiger partial charge < -0.3 is 10.1 Å². The van der Waals surface area contributed by atoms with Crippen LogP contribution in [-0.2, 0) is 9.53 Å². The first-order chi connectivity index (χ1) is 10.3. The number of benzene rings is 2. The van der Waals surface area contributed by atoms with Crippen LogP contribution < -0.4 is 5.32 Å². The first kappa shape index (κ1) is 13.7. The van der Waals surface area contributed by atoms with Crippen LogP contribution in [0.25, 0.3) is 16.3 Å². The number of rotatable bonds is 5. The predicted octanol–water partition coefficient (Wildman–Crippen LogP) is 4.34. The van der Waals surface area contributed by atoms with Gasteiger partial charge in [0.05, 0.1) is 13.0 Å². The number of hydrogen-bond donors (Lipinski definition) is 1. The molecule has 1 aliphatic heterocycles. The van der Waals surface area contributed by atoms with E-state index in [-0.39, 0.29) is 5.97 Å². The molecule has 2 aromatic rings. The monoisotopic (exact) mass is 281 g/mol. The molecular weight excluding hydrogens is 262 g/mol. The summed E-state index contributed by atoms with van der Waals surface area (Å²) >= 11 is 0. The van der Waals surface area contributed by atoms with Crippen molar-refractivity contribution in [1.29, 1.82) is 0 Å². The Morgan fingerprint density at radius 3 is 2.81 bits per heavy atom. The van der Waals surface area contributed by atoms with Crippen LogP contribution >= 0.6 is 0 Å². The first-order valence-electron chi connectivity index (χ1n) is 7.43. The molecule has 3 heteroatoms. The van der Waals surface area contributed by atoms with Crippen LogP contribution in [0.4, 0.5) is 5.69 Å². The molecule has 1 N–H and O–H groups in total. The third-order valence-corrected chi connectivity index (χ3v) is 3.75. The third kappa shape index (κ3) is 2.77. The highest BCUT2D eigenvalue weighted by molar-refractivity contribution is 6.06. The second-order valence-electron chi connectivity index (χ2n) is 5.27. The van der Waals surface area contributed by atoms with Crippen LogP contribution in [0, 0.1) is 0 Å². The molecule has 0 aromatic heterocycles. The molecule has 0 bridgehead atoms. The summed E-state index contributed by atoms with van der Waals surface area (Å²) in [6, 6.07) is 12.4. The Hall–Kier alpha value is -2.29. The zero-order valence-electron chi connectivity index (χ0n) is 12.2. The summed E-state index contributed by atoms with van der Waals surface area (Å²) in [4.78, 5) is 11.9. The van der Waals surface area contributed by atoms with Gasteiger partial charge >= 0.3 is 5.97 Å². The number of esters is 1. The molecule has 0 unspecified atom stereocenters. The molecule has 1 aliphatic rings.